The first-order valence-corrected chi connectivity index (χ1v) is 7.30. The number of anilines is 1. The zero-order chi connectivity index (χ0) is 16.4. The van der Waals surface area contributed by atoms with Crippen LogP contribution in [-0.4, -0.2) is 31.6 Å². The van der Waals surface area contributed by atoms with Crippen molar-refractivity contribution in [2.75, 3.05) is 5.23 Å². The van der Waals surface area contributed by atoms with E-state index in [1.165, 1.54) is 6.11 Å². The molecular weight excluding hydrogens is 290 g/mol. The van der Waals surface area contributed by atoms with E-state index >= 15 is 0 Å². The van der Waals surface area contributed by atoms with Crippen LogP contribution < -0.4 is 5.23 Å². The molecule has 0 radical (unpaired) electrons. The van der Waals surface area contributed by atoms with Gasteiger partial charge in [-0.1, -0.05) is 0 Å². The number of fused-ring (bicyclic) bond motifs is 3. The molecule has 1 unspecified atom stereocenters. The zero-order valence-electron chi connectivity index (χ0n) is 12.6. The average molecular weight is 304 g/mol. The molecule has 5 nitrogen and oxygen atoms in total. The van der Waals surface area contributed by atoms with Crippen molar-refractivity contribution in [1.82, 2.24) is 0 Å². The van der Waals surface area contributed by atoms with Crippen LogP contribution in [0.1, 0.15) is 17.0 Å². The Kier molecular flexibility index (Phi) is 4.21. The first-order chi connectivity index (χ1) is 11.1. The predicted octanol–water partition coefficient (Wildman–Crippen LogP) is 2.23. The molecule has 0 spiro atoms. The first kappa shape index (κ1) is 15.4. The summed E-state index contributed by atoms with van der Waals surface area (Å²) in [6.45, 7) is 1.64. The molecular formula is C16H14B2N2O3. The van der Waals surface area contributed by atoms with E-state index in [0.717, 1.165) is 34.2 Å². The Labute approximate surface area is 134 Å². The van der Waals surface area contributed by atoms with Gasteiger partial charge in [0.1, 0.15) is 0 Å². The molecule has 3 rings (SSSR count). The van der Waals surface area contributed by atoms with E-state index in [0.29, 0.717) is 12.8 Å². The molecule has 7 heteroatoms. The van der Waals surface area contributed by atoms with Crippen molar-refractivity contribution in [2.24, 2.45) is 4.99 Å². The van der Waals surface area contributed by atoms with Crippen molar-refractivity contribution in [1.29, 1.82) is 0 Å². The van der Waals surface area contributed by atoms with Gasteiger partial charge in [-0.05, 0) is 0 Å². The number of rotatable bonds is 5. The second-order valence-corrected chi connectivity index (χ2v) is 5.42. The third-order valence-corrected chi connectivity index (χ3v) is 3.84. The Morgan fingerprint density at radius 3 is 2.57 bits per heavy atom. The molecule has 1 aliphatic carbocycles. The first-order valence-electron chi connectivity index (χ1n) is 7.30. The van der Waals surface area contributed by atoms with E-state index < -0.39 is 7.05 Å². The number of carbonyl (C=O) groups is 1. The number of carbonyl (C=O) groups excluding carboxylic acids is 1. The van der Waals surface area contributed by atoms with Crippen LogP contribution in [0.5, 0.6) is 0 Å². The SMILES string of the molecule is CB(O)Nc1ccc2c(c1)C(C=O)c1cc(/N=C\B=O)ccc1-2. The van der Waals surface area contributed by atoms with Gasteiger partial charge in [0, 0.05) is 0 Å². The molecule has 2 aromatic rings. The van der Waals surface area contributed by atoms with Gasteiger partial charge >= 0.3 is 134 Å². The van der Waals surface area contributed by atoms with Crippen molar-refractivity contribution >= 4 is 38.0 Å². The molecule has 0 saturated carbocycles. The van der Waals surface area contributed by atoms with Crippen molar-refractivity contribution < 1.29 is 14.5 Å². The molecule has 23 heavy (non-hydrogen) atoms. The average Bonchev–Trinajstić information content (AvgIpc) is 2.84. The molecule has 1 aliphatic rings. The Balaban J connectivity index is 2.07. The topological polar surface area (TPSA) is 78.8 Å². The van der Waals surface area contributed by atoms with Crippen LogP contribution in [0.15, 0.2) is 41.4 Å². The van der Waals surface area contributed by atoms with E-state index in [4.69, 9.17) is 0 Å². The summed E-state index contributed by atoms with van der Waals surface area (Å²) < 4.78 is 10.4. The summed E-state index contributed by atoms with van der Waals surface area (Å²) in [5, 5.41) is 12.4. The van der Waals surface area contributed by atoms with Crippen LogP contribution in [0, 0.1) is 0 Å². The van der Waals surface area contributed by atoms with E-state index in [9.17, 15) is 14.5 Å². The molecule has 0 fully saturated rings. The molecule has 2 aromatic carbocycles. The number of aldehydes is 1. The predicted molar refractivity (Wildman–Crippen MR) is 91.8 cm³/mol. The van der Waals surface area contributed by atoms with Crippen LogP contribution in [-0.2, 0) is 9.50 Å². The maximum absolute atomic E-state index is 11.6. The van der Waals surface area contributed by atoms with Gasteiger partial charge in [0.05, 0.1) is 0 Å². The third-order valence-electron chi connectivity index (χ3n) is 3.84. The molecule has 2 N–H and O–H groups in total. The summed E-state index contributed by atoms with van der Waals surface area (Å²) in [7, 11) is -0.0523. The van der Waals surface area contributed by atoms with Crippen LogP contribution in [0.4, 0.5) is 11.4 Å². The third kappa shape index (κ3) is 2.87. The monoisotopic (exact) mass is 304 g/mol. The van der Waals surface area contributed by atoms with Crippen LogP contribution >= 0.6 is 0 Å². The van der Waals surface area contributed by atoms with Gasteiger partial charge in [0.25, 0.3) is 0 Å². The summed E-state index contributed by atoms with van der Waals surface area (Å²) >= 11 is 0. The fraction of sp³-hybridized carbons (Fsp3) is 0.125. The molecule has 0 aliphatic heterocycles. The van der Waals surface area contributed by atoms with Crippen molar-refractivity contribution in [3.05, 3.63) is 47.5 Å². The van der Waals surface area contributed by atoms with Gasteiger partial charge in [-0.25, -0.2) is 0 Å². The molecule has 112 valence electrons. The molecule has 0 saturated heterocycles. The Hall–Kier alpha value is -2.53. The fourth-order valence-corrected chi connectivity index (χ4v) is 2.96. The summed E-state index contributed by atoms with van der Waals surface area (Å²) in [6, 6.07) is 11.3. The zero-order valence-corrected chi connectivity index (χ0v) is 12.6. The minimum absolute atomic E-state index is 0.373. The van der Waals surface area contributed by atoms with Crippen molar-refractivity contribution in [2.45, 2.75) is 12.7 Å². The number of hydrogen-bond acceptors (Lipinski definition) is 5. The normalized spacial score (nSPS) is 15.0. The summed E-state index contributed by atoms with van der Waals surface area (Å²) in [5.41, 5.74) is 5.17. The van der Waals surface area contributed by atoms with E-state index in [1.54, 1.807) is 6.82 Å². The Bertz CT molecular complexity index is 806. The molecule has 0 aromatic heterocycles. The van der Waals surface area contributed by atoms with E-state index in [1.807, 2.05) is 36.4 Å². The molecule has 0 heterocycles. The number of nitrogens with one attached hydrogen (secondary N) is 1. The summed E-state index contributed by atoms with van der Waals surface area (Å²) in [4.78, 5) is 15.7. The molecule has 0 amide bonds. The number of hydrogen-bond donors (Lipinski definition) is 2. The van der Waals surface area contributed by atoms with Gasteiger partial charge in [0.2, 0.25) is 0 Å². The quantitative estimate of drug-likeness (QED) is 0.504. The summed E-state index contributed by atoms with van der Waals surface area (Å²) in [6.07, 6.45) is 2.09. The van der Waals surface area contributed by atoms with Crippen LogP contribution in [0.25, 0.3) is 11.1 Å². The fourth-order valence-electron chi connectivity index (χ4n) is 2.96. The van der Waals surface area contributed by atoms with Crippen LogP contribution in [0.2, 0.25) is 6.82 Å². The van der Waals surface area contributed by atoms with E-state index in [2.05, 4.69) is 10.2 Å². The minimum atomic E-state index is -0.671. The molecule has 0 bridgehead atoms. The second kappa shape index (κ2) is 6.30. The standard InChI is InChI=1S/C16H14B2N2O3/c1-18(23)20-11-3-5-13-12-4-2-10(19-9-17-22)6-14(12)16(8-21)15(13)7-11/h2-9,16,20,23H,1H3/b19-9-. The second-order valence-electron chi connectivity index (χ2n) is 5.42. The van der Waals surface area contributed by atoms with Gasteiger partial charge in [0.15, 0.2) is 0 Å². The van der Waals surface area contributed by atoms with Crippen molar-refractivity contribution in [3.8, 4) is 11.1 Å². The van der Waals surface area contributed by atoms with Crippen molar-refractivity contribution in [3.63, 3.8) is 0 Å². The van der Waals surface area contributed by atoms with Gasteiger partial charge in [-0.2, -0.15) is 0 Å². The molecule has 1 atom stereocenters. The Morgan fingerprint density at radius 2 is 1.91 bits per heavy atom. The maximum atomic E-state index is 11.6. The van der Waals surface area contributed by atoms with Gasteiger partial charge in [-0.15, -0.1) is 0 Å². The number of nitrogens with zero attached hydrogens (tertiary/aromatic N) is 1. The Morgan fingerprint density at radius 1 is 1.22 bits per heavy atom. The van der Waals surface area contributed by atoms with Gasteiger partial charge < -0.3 is 0 Å². The summed E-state index contributed by atoms with van der Waals surface area (Å²) in [5.74, 6) is -0.373. The number of benzene rings is 2. The van der Waals surface area contributed by atoms with Crippen LogP contribution in [0.3, 0.4) is 0 Å². The van der Waals surface area contributed by atoms with Gasteiger partial charge in [-0.3, -0.25) is 0 Å². The number of aliphatic imine (C=N–C) groups is 1. The van der Waals surface area contributed by atoms with E-state index in [-0.39, 0.29) is 5.92 Å².